The fourth-order valence-electron chi connectivity index (χ4n) is 3.46. The molecule has 1 aliphatic carbocycles. The number of pyridine rings is 1. The number of sulfonamides is 1. The summed E-state index contributed by atoms with van der Waals surface area (Å²) < 4.78 is 33.0. The molecule has 0 unspecified atom stereocenters. The van der Waals surface area contributed by atoms with E-state index in [1.165, 1.54) is 6.20 Å². The summed E-state index contributed by atoms with van der Waals surface area (Å²) in [7, 11) is -3.43. The van der Waals surface area contributed by atoms with E-state index in [1.54, 1.807) is 24.7 Å². The van der Waals surface area contributed by atoms with Crippen molar-refractivity contribution in [3.8, 4) is 0 Å². The number of fused-ring (bicyclic) bond motifs is 1. The molecule has 1 saturated carbocycles. The van der Waals surface area contributed by atoms with Gasteiger partial charge in [0.15, 0.2) is 5.58 Å². The predicted octanol–water partition coefficient (Wildman–Crippen LogP) is 3.16. The van der Waals surface area contributed by atoms with E-state index in [1.807, 2.05) is 12.1 Å². The average Bonchev–Trinajstić information content (AvgIpc) is 3.26. The van der Waals surface area contributed by atoms with Gasteiger partial charge in [-0.2, -0.15) is 0 Å². The molecule has 2 N–H and O–H groups in total. The summed E-state index contributed by atoms with van der Waals surface area (Å²) in [6.45, 7) is 0. The Hall–Kier alpha value is -2.12. The van der Waals surface area contributed by atoms with Crippen LogP contribution in [0.1, 0.15) is 37.2 Å². The Kier molecular flexibility index (Phi) is 3.90. The second-order valence-electron chi connectivity index (χ2n) is 6.26. The number of furan rings is 1. The molecule has 0 aliphatic heterocycles. The van der Waals surface area contributed by atoms with E-state index in [2.05, 4.69) is 14.7 Å². The predicted molar refractivity (Wildman–Crippen MR) is 90.1 cm³/mol. The highest BCUT2D eigenvalue weighted by Gasteiger charge is 2.28. The van der Waals surface area contributed by atoms with Crippen molar-refractivity contribution < 1.29 is 12.8 Å². The summed E-state index contributed by atoms with van der Waals surface area (Å²) in [5.41, 5.74) is 2.87. The van der Waals surface area contributed by atoms with Gasteiger partial charge in [0.2, 0.25) is 10.0 Å². The Morgan fingerprint density at radius 2 is 2.04 bits per heavy atom. The van der Waals surface area contributed by atoms with E-state index < -0.39 is 10.0 Å². The lowest BCUT2D eigenvalue weighted by Gasteiger charge is -2.28. The third kappa shape index (κ3) is 2.85. The van der Waals surface area contributed by atoms with Crippen LogP contribution in [0.2, 0.25) is 0 Å². The molecule has 0 aromatic carbocycles. The van der Waals surface area contributed by atoms with Gasteiger partial charge in [0.25, 0.3) is 0 Å². The molecule has 3 aromatic heterocycles. The fraction of sp³-hybridized carbons (Fsp3) is 0.353. The second-order valence-corrected chi connectivity index (χ2v) is 7.97. The Labute approximate surface area is 140 Å². The summed E-state index contributed by atoms with van der Waals surface area (Å²) in [5.74, 6) is 0.370. The molecule has 0 bridgehead atoms. The van der Waals surface area contributed by atoms with Crippen LogP contribution in [-0.2, 0) is 10.0 Å². The first-order valence-electron chi connectivity index (χ1n) is 8.11. The maximum atomic E-state index is 12.3. The highest BCUT2D eigenvalue weighted by Crippen LogP contribution is 2.37. The van der Waals surface area contributed by atoms with Crippen LogP contribution in [0.15, 0.2) is 52.4 Å². The van der Waals surface area contributed by atoms with Crippen LogP contribution in [0.25, 0.3) is 11.1 Å². The topological polar surface area (TPSA) is 88.0 Å². The second kappa shape index (κ2) is 6.07. The molecule has 4 rings (SSSR count). The summed E-state index contributed by atoms with van der Waals surface area (Å²) in [6, 6.07) is 5.33. The SMILES string of the molecule is O=S(=O)(NC1CCC(c2coc3cccnc23)CC1)c1cc[nH]c1. The number of nitrogens with one attached hydrogen (secondary N) is 2. The fourth-order valence-corrected chi connectivity index (χ4v) is 4.74. The minimum absolute atomic E-state index is 0.0210. The normalized spacial score (nSPS) is 22.0. The van der Waals surface area contributed by atoms with E-state index in [0.717, 1.165) is 42.3 Å². The maximum Gasteiger partial charge on any atom is 0.242 e. The van der Waals surface area contributed by atoms with Crippen LogP contribution < -0.4 is 4.72 Å². The van der Waals surface area contributed by atoms with Crippen molar-refractivity contribution in [3.05, 3.63) is 48.6 Å². The highest BCUT2D eigenvalue weighted by atomic mass is 32.2. The minimum Gasteiger partial charge on any atom is -0.462 e. The molecule has 24 heavy (non-hydrogen) atoms. The van der Waals surface area contributed by atoms with Gasteiger partial charge in [-0.05, 0) is 49.8 Å². The molecular formula is C17H19N3O3S. The van der Waals surface area contributed by atoms with Gasteiger partial charge < -0.3 is 9.40 Å². The van der Waals surface area contributed by atoms with E-state index in [9.17, 15) is 8.42 Å². The summed E-state index contributed by atoms with van der Waals surface area (Å²) in [5, 5.41) is 0. The van der Waals surface area contributed by atoms with E-state index in [0.29, 0.717) is 5.92 Å². The van der Waals surface area contributed by atoms with Crippen molar-refractivity contribution in [3.63, 3.8) is 0 Å². The Bertz CT molecular complexity index is 923. The first-order chi connectivity index (χ1) is 11.6. The molecule has 3 heterocycles. The van der Waals surface area contributed by atoms with Crippen LogP contribution in [0.3, 0.4) is 0 Å². The van der Waals surface area contributed by atoms with E-state index in [-0.39, 0.29) is 10.9 Å². The first-order valence-corrected chi connectivity index (χ1v) is 9.59. The third-order valence-electron chi connectivity index (χ3n) is 4.73. The van der Waals surface area contributed by atoms with E-state index >= 15 is 0 Å². The van der Waals surface area contributed by atoms with Gasteiger partial charge in [-0.1, -0.05) is 0 Å². The van der Waals surface area contributed by atoms with Crippen LogP contribution in [0, 0.1) is 0 Å². The Morgan fingerprint density at radius 1 is 1.21 bits per heavy atom. The molecule has 6 nitrogen and oxygen atoms in total. The zero-order valence-corrected chi connectivity index (χ0v) is 13.9. The molecule has 1 aliphatic rings. The minimum atomic E-state index is -3.43. The van der Waals surface area contributed by atoms with Gasteiger partial charge in [0, 0.05) is 30.2 Å². The highest BCUT2D eigenvalue weighted by molar-refractivity contribution is 7.89. The Balaban J connectivity index is 1.44. The summed E-state index contributed by atoms with van der Waals surface area (Å²) in [4.78, 5) is 7.49. The Morgan fingerprint density at radius 3 is 2.79 bits per heavy atom. The van der Waals surface area contributed by atoms with Gasteiger partial charge in [-0.15, -0.1) is 0 Å². The zero-order chi connectivity index (χ0) is 16.6. The van der Waals surface area contributed by atoms with Gasteiger partial charge in [0.1, 0.15) is 5.52 Å². The van der Waals surface area contributed by atoms with Gasteiger partial charge >= 0.3 is 0 Å². The third-order valence-corrected chi connectivity index (χ3v) is 6.24. The largest absolute Gasteiger partial charge is 0.462 e. The van der Waals surface area contributed by atoms with Gasteiger partial charge in [-0.25, -0.2) is 13.1 Å². The zero-order valence-electron chi connectivity index (χ0n) is 13.1. The smallest absolute Gasteiger partial charge is 0.242 e. The lowest BCUT2D eigenvalue weighted by atomic mass is 9.82. The van der Waals surface area contributed by atoms with Crippen molar-refractivity contribution >= 4 is 21.1 Å². The standard InChI is InChI=1S/C17H19N3O3S/c21-24(22,14-7-9-18-10-14)20-13-5-3-12(4-6-13)15-11-23-16-2-1-8-19-17(15)16/h1-2,7-13,18,20H,3-6H2. The molecule has 0 amide bonds. The lowest BCUT2D eigenvalue weighted by molar-refractivity contribution is 0.373. The van der Waals surface area contributed by atoms with Gasteiger partial charge in [-0.3, -0.25) is 4.98 Å². The van der Waals surface area contributed by atoms with Crippen molar-refractivity contribution in [2.75, 3.05) is 0 Å². The number of nitrogens with zero attached hydrogens (tertiary/aromatic N) is 1. The number of H-pyrrole nitrogens is 1. The number of rotatable bonds is 4. The van der Waals surface area contributed by atoms with Crippen LogP contribution >= 0.6 is 0 Å². The number of aromatic amines is 1. The number of hydrogen-bond donors (Lipinski definition) is 2. The molecule has 3 aromatic rings. The first kappa shape index (κ1) is 15.4. The monoisotopic (exact) mass is 345 g/mol. The van der Waals surface area contributed by atoms with Gasteiger partial charge in [0.05, 0.1) is 11.2 Å². The van der Waals surface area contributed by atoms with Crippen molar-refractivity contribution in [1.29, 1.82) is 0 Å². The van der Waals surface area contributed by atoms with Crippen LogP contribution in [0.4, 0.5) is 0 Å². The van der Waals surface area contributed by atoms with Crippen molar-refractivity contribution in [1.82, 2.24) is 14.7 Å². The van der Waals surface area contributed by atoms with Crippen LogP contribution in [0.5, 0.6) is 0 Å². The molecular weight excluding hydrogens is 326 g/mol. The molecule has 0 radical (unpaired) electrons. The average molecular weight is 345 g/mol. The maximum absolute atomic E-state index is 12.3. The van der Waals surface area contributed by atoms with Crippen LogP contribution in [-0.4, -0.2) is 24.4 Å². The van der Waals surface area contributed by atoms with Crippen molar-refractivity contribution in [2.24, 2.45) is 0 Å². The lowest BCUT2D eigenvalue weighted by Crippen LogP contribution is -2.37. The summed E-state index contributed by atoms with van der Waals surface area (Å²) >= 11 is 0. The molecule has 1 fully saturated rings. The quantitative estimate of drug-likeness (QED) is 0.760. The molecule has 0 atom stereocenters. The molecule has 126 valence electrons. The summed E-state index contributed by atoms with van der Waals surface area (Å²) in [6.07, 6.45) is 10.2. The number of aromatic nitrogens is 2. The number of hydrogen-bond acceptors (Lipinski definition) is 4. The molecule has 0 spiro atoms. The van der Waals surface area contributed by atoms with Crippen molar-refractivity contribution in [2.45, 2.75) is 42.5 Å². The molecule has 7 heteroatoms. The van der Waals surface area contributed by atoms with E-state index in [4.69, 9.17) is 4.42 Å². The molecule has 0 saturated heterocycles.